The van der Waals surface area contributed by atoms with Crippen LogP contribution in [-0.2, 0) is 6.61 Å². The van der Waals surface area contributed by atoms with E-state index in [1.165, 1.54) is 0 Å². The van der Waals surface area contributed by atoms with E-state index in [1.807, 2.05) is 30.3 Å². The molecule has 1 aliphatic heterocycles. The zero-order chi connectivity index (χ0) is 19.1. The van der Waals surface area contributed by atoms with Crippen molar-refractivity contribution in [1.29, 1.82) is 0 Å². The molecule has 0 aromatic heterocycles. The zero-order valence-electron chi connectivity index (χ0n) is 15.7. The molecule has 144 valence electrons. The van der Waals surface area contributed by atoms with E-state index >= 15 is 0 Å². The van der Waals surface area contributed by atoms with Gasteiger partial charge < -0.3 is 20.1 Å². The molecule has 0 aliphatic carbocycles. The van der Waals surface area contributed by atoms with Crippen LogP contribution in [0.1, 0.15) is 15.9 Å². The summed E-state index contributed by atoms with van der Waals surface area (Å²) in [4.78, 5) is 17.0. The number of aliphatic hydroxyl groups is 1. The average Bonchev–Trinajstić information content (AvgIpc) is 2.74. The fourth-order valence-corrected chi connectivity index (χ4v) is 3.41. The fraction of sp³-hybridized carbons (Fsp3) is 0.381. The summed E-state index contributed by atoms with van der Waals surface area (Å²) in [6.45, 7) is 5.03. The molecule has 2 aromatic rings. The van der Waals surface area contributed by atoms with Crippen LogP contribution in [0.5, 0.6) is 5.75 Å². The van der Waals surface area contributed by atoms with Crippen LogP contribution < -0.4 is 15.0 Å². The van der Waals surface area contributed by atoms with Gasteiger partial charge in [-0.3, -0.25) is 9.69 Å². The molecule has 0 spiro atoms. The molecule has 0 saturated carbocycles. The predicted molar refractivity (Wildman–Crippen MR) is 106 cm³/mol. The minimum atomic E-state index is -0.132. The van der Waals surface area contributed by atoms with Gasteiger partial charge in [-0.25, -0.2) is 0 Å². The van der Waals surface area contributed by atoms with Gasteiger partial charge in [0.1, 0.15) is 5.75 Å². The molecule has 1 saturated heterocycles. The highest BCUT2D eigenvalue weighted by molar-refractivity contribution is 5.95. The van der Waals surface area contributed by atoms with E-state index in [2.05, 4.69) is 21.2 Å². The maximum atomic E-state index is 12.3. The number of aliphatic hydroxyl groups excluding tert-OH is 1. The van der Waals surface area contributed by atoms with Gasteiger partial charge in [0.25, 0.3) is 5.91 Å². The van der Waals surface area contributed by atoms with Crippen molar-refractivity contribution in [2.24, 2.45) is 0 Å². The van der Waals surface area contributed by atoms with E-state index in [9.17, 15) is 9.90 Å². The number of para-hydroxylation sites is 2. The van der Waals surface area contributed by atoms with Crippen molar-refractivity contribution in [3.63, 3.8) is 0 Å². The summed E-state index contributed by atoms with van der Waals surface area (Å²) in [7, 11) is 1.70. The van der Waals surface area contributed by atoms with E-state index in [1.54, 1.807) is 19.2 Å². The highest BCUT2D eigenvalue weighted by Crippen LogP contribution is 2.28. The first kappa shape index (κ1) is 19.2. The van der Waals surface area contributed by atoms with Crippen molar-refractivity contribution in [1.82, 2.24) is 10.2 Å². The number of nitrogens with one attached hydrogen (secondary N) is 1. The van der Waals surface area contributed by atoms with Crippen LogP contribution in [0.25, 0.3) is 0 Å². The second kappa shape index (κ2) is 9.39. The summed E-state index contributed by atoms with van der Waals surface area (Å²) >= 11 is 0. The summed E-state index contributed by atoms with van der Waals surface area (Å²) in [6, 6.07) is 15.2. The van der Waals surface area contributed by atoms with Gasteiger partial charge in [0, 0.05) is 44.8 Å². The highest BCUT2D eigenvalue weighted by Gasteiger charge is 2.19. The molecule has 0 bridgehead atoms. The third-order valence-corrected chi connectivity index (χ3v) is 4.94. The number of carbonyl (C=O) groups is 1. The topological polar surface area (TPSA) is 65.0 Å². The molecular formula is C21H27N3O3. The van der Waals surface area contributed by atoms with Crippen LogP contribution in [0, 0.1) is 0 Å². The van der Waals surface area contributed by atoms with Crippen molar-refractivity contribution < 1.29 is 14.6 Å². The SMILES string of the molecule is COc1ccccc1N1CCN(CCNC(=O)c2ccccc2CO)CC1. The Morgan fingerprint density at radius 3 is 2.52 bits per heavy atom. The molecule has 1 amide bonds. The van der Waals surface area contributed by atoms with Gasteiger partial charge in [-0.2, -0.15) is 0 Å². The second-order valence-electron chi connectivity index (χ2n) is 6.57. The molecule has 3 rings (SSSR count). The fourth-order valence-electron chi connectivity index (χ4n) is 3.41. The molecule has 6 nitrogen and oxygen atoms in total. The monoisotopic (exact) mass is 369 g/mol. The summed E-state index contributed by atoms with van der Waals surface area (Å²) < 4.78 is 5.46. The van der Waals surface area contributed by atoms with Crippen LogP contribution in [0.15, 0.2) is 48.5 Å². The van der Waals surface area contributed by atoms with Crippen molar-refractivity contribution in [3.05, 3.63) is 59.7 Å². The number of methoxy groups -OCH3 is 1. The van der Waals surface area contributed by atoms with Gasteiger partial charge in [0.15, 0.2) is 0 Å². The van der Waals surface area contributed by atoms with E-state index < -0.39 is 0 Å². The van der Waals surface area contributed by atoms with Gasteiger partial charge >= 0.3 is 0 Å². The molecule has 0 radical (unpaired) electrons. The third kappa shape index (κ3) is 4.78. The lowest BCUT2D eigenvalue weighted by molar-refractivity contribution is 0.0944. The molecule has 1 heterocycles. The van der Waals surface area contributed by atoms with Crippen molar-refractivity contribution >= 4 is 11.6 Å². The summed E-state index contributed by atoms with van der Waals surface area (Å²) in [6.07, 6.45) is 0. The lowest BCUT2D eigenvalue weighted by Gasteiger charge is -2.36. The van der Waals surface area contributed by atoms with E-state index in [-0.39, 0.29) is 12.5 Å². The Morgan fingerprint density at radius 1 is 1.07 bits per heavy atom. The number of hydrogen-bond donors (Lipinski definition) is 2. The minimum Gasteiger partial charge on any atom is -0.495 e. The Labute approximate surface area is 160 Å². The van der Waals surface area contributed by atoms with E-state index in [4.69, 9.17) is 4.74 Å². The molecule has 2 N–H and O–H groups in total. The van der Waals surface area contributed by atoms with Crippen molar-refractivity contribution in [2.45, 2.75) is 6.61 Å². The summed E-state index contributed by atoms with van der Waals surface area (Å²) in [5.41, 5.74) is 2.33. The van der Waals surface area contributed by atoms with Gasteiger partial charge in [0.2, 0.25) is 0 Å². The lowest BCUT2D eigenvalue weighted by Crippen LogP contribution is -2.48. The average molecular weight is 369 g/mol. The van der Waals surface area contributed by atoms with Crippen LogP contribution in [0.2, 0.25) is 0 Å². The predicted octanol–water partition coefficient (Wildman–Crippen LogP) is 1.74. The summed E-state index contributed by atoms with van der Waals surface area (Å²) in [5.74, 6) is 0.771. The second-order valence-corrected chi connectivity index (χ2v) is 6.57. The number of amides is 1. The molecule has 1 fully saturated rings. The maximum Gasteiger partial charge on any atom is 0.251 e. The Morgan fingerprint density at radius 2 is 1.78 bits per heavy atom. The number of nitrogens with zero attached hydrogens (tertiary/aromatic N) is 2. The molecule has 0 unspecified atom stereocenters. The Kier molecular flexibility index (Phi) is 6.68. The number of anilines is 1. The van der Waals surface area contributed by atoms with Gasteiger partial charge in [-0.15, -0.1) is 0 Å². The smallest absolute Gasteiger partial charge is 0.251 e. The van der Waals surface area contributed by atoms with E-state index in [0.717, 1.165) is 44.2 Å². The standard InChI is InChI=1S/C21H27N3O3/c1-27-20-9-5-4-8-19(20)24-14-12-23(13-15-24)11-10-22-21(26)18-7-3-2-6-17(18)16-25/h2-9,25H,10-16H2,1H3,(H,22,26). The first-order valence-electron chi connectivity index (χ1n) is 9.30. The first-order chi connectivity index (χ1) is 13.2. The van der Waals surface area contributed by atoms with Gasteiger partial charge in [-0.05, 0) is 23.8 Å². The zero-order valence-corrected chi connectivity index (χ0v) is 15.7. The molecule has 1 aliphatic rings. The highest BCUT2D eigenvalue weighted by atomic mass is 16.5. The Bertz CT molecular complexity index is 758. The Balaban J connectivity index is 1.45. The van der Waals surface area contributed by atoms with Gasteiger partial charge in [0.05, 0.1) is 19.4 Å². The Hall–Kier alpha value is -2.57. The third-order valence-electron chi connectivity index (χ3n) is 4.94. The molecule has 27 heavy (non-hydrogen) atoms. The van der Waals surface area contributed by atoms with Crippen LogP contribution in [0.3, 0.4) is 0 Å². The largest absolute Gasteiger partial charge is 0.495 e. The van der Waals surface area contributed by atoms with Crippen LogP contribution in [-0.4, -0.2) is 62.3 Å². The number of hydrogen-bond acceptors (Lipinski definition) is 5. The van der Waals surface area contributed by atoms with Gasteiger partial charge in [-0.1, -0.05) is 30.3 Å². The first-order valence-corrected chi connectivity index (χ1v) is 9.30. The minimum absolute atomic E-state index is 0.130. The maximum absolute atomic E-state index is 12.3. The summed E-state index contributed by atoms with van der Waals surface area (Å²) in [5, 5.41) is 12.3. The molecule has 0 atom stereocenters. The normalized spacial score (nSPS) is 14.8. The molecular weight excluding hydrogens is 342 g/mol. The molecule has 2 aromatic carbocycles. The number of carbonyl (C=O) groups excluding carboxylic acids is 1. The quantitative estimate of drug-likeness (QED) is 0.778. The molecule has 6 heteroatoms. The number of ether oxygens (including phenoxy) is 1. The number of rotatable bonds is 7. The van der Waals surface area contributed by atoms with Crippen LogP contribution >= 0.6 is 0 Å². The van der Waals surface area contributed by atoms with Crippen molar-refractivity contribution in [2.75, 3.05) is 51.3 Å². The lowest BCUT2D eigenvalue weighted by atomic mass is 10.1. The van der Waals surface area contributed by atoms with E-state index in [0.29, 0.717) is 17.7 Å². The number of benzene rings is 2. The van der Waals surface area contributed by atoms with Crippen LogP contribution in [0.4, 0.5) is 5.69 Å². The number of piperazine rings is 1. The van der Waals surface area contributed by atoms with Crippen molar-refractivity contribution in [3.8, 4) is 5.75 Å².